The maximum absolute atomic E-state index is 13.0. The van der Waals surface area contributed by atoms with Gasteiger partial charge in [-0.15, -0.1) is 10.2 Å². The Hall–Kier alpha value is -2.66. The minimum absolute atomic E-state index is 0. The number of benzene rings is 2. The molecule has 4 rings (SSSR count). The van der Waals surface area contributed by atoms with Gasteiger partial charge in [-0.2, -0.15) is 4.37 Å². The number of hydrogen-bond donors (Lipinski definition) is 4. The Bertz CT molecular complexity index is 1640. The molecule has 13 nitrogen and oxygen atoms in total. The van der Waals surface area contributed by atoms with Crippen LogP contribution >= 0.6 is 11.5 Å². The number of likely N-dealkylation sites (tertiary alicyclic amines) is 1. The van der Waals surface area contributed by atoms with E-state index in [0.717, 1.165) is 24.4 Å². The molecule has 1 aliphatic heterocycles. The van der Waals surface area contributed by atoms with E-state index >= 15 is 0 Å². The summed E-state index contributed by atoms with van der Waals surface area (Å²) in [4.78, 5) is 26.7. The molecule has 16 heteroatoms. The summed E-state index contributed by atoms with van der Waals surface area (Å²) in [6.07, 6.45) is 1.44. The molecule has 1 fully saturated rings. The fourth-order valence-corrected chi connectivity index (χ4v) is 6.29. The normalized spacial score (nSPS) is 17.1. The minimum atomic E-state index is -4.68. The van der Waals surface area contributed by atoms with Crippen LogP contribution in [0.25, 0.3) is 10.9 Å². The largest absolute Gasteiger partial charge is 1.00 e. The summed E-state index contributed by atoms with van der Waals surface area (Å²) in [5, 5.41) is 27.8. The fourth-order valence-electron chi connectivity index (χ4n) is 5.11. The summed E-state index contributed by atoms with van der Waals surface area (Å²) in [6, 6.07) is 5.82. The average molecular weight is 626 g/mol. The molecule has 3 amide bonds. The Labute approximate surface area is 270 Å². The van der Waals surface area contributed by atoms with Crippen molar-refractivity contribution in [3.63, 3.8) is 0 Å². The van der Waals surface area contributed by atoms with Gasteiger partial charge in [-0.3, -0.25) is 9.69 Å². The second-order valence-electron chi connectivity index (χ2n) is 11.3. The van der Waals surface area contributed by atoms with E-state index in [0.29, 0.717) is 10.9 Å². The van der Waals surface area contributed by atoms with Gasteiger partial charge in [-0.25, -0.2) is 13.2 Å². The first-order chi connectivity index (χ1) is 19.0. The van der Waals surface area contributed by atoms with Gasteiger partial charge in [0.2, 0.25) is 5.91 Å². The zero-order valence-corrected chi connectivity index (χ0v) is 28.1. The number of anilines is 2. The summed E-state index contributed by atoms with van der Waals surface area (Å²) < 4.78 is 38.5. The molecule has 3 aromatic rings. The van der Waals surface area contributed by atoms with Crippen molar-refractivity contribution >= 4 is 66.6 Å². The maximum atomic E-state index is 13.0. The number of urea groups is 1. The van der Waals surface area contributed by atoms with E-state index in [2.05, 4.69) is 70.2 Å². The second-order valence-corrected chi connectivity index (χ2v) is 13.4. The van der Waals surface area contributed by atoms with Gasteiger partial charge in [0.25, 0.3) is 0 Å². The van der Waals surface area contributed by atoms with Gasteiger partial charge in [0.15, 0.2) is 10.8 Å². The molecule has 0 aliphatic carbocycles. The Morgan fingerprint density at radius 1 is 1.07 bits per heavy atom. The smallest absolute Gasteiger partial charge is 0.744 e. The Morgan fingerprint density at radius 2 is 1.67 bits per heavy atom. The third-order valence-corrected chi connectivity index (χ3v) is 8.86. The van der Waals surface area contributed by atoms with Crippen molar-refractivity contribution < 1.29 is 57.2 Å². The van der Waals surface area contributed by atoms with Crippen LogP contribution in [-0.2, 0) is 14.9 Å². The SMILES string of the molecule is CC(=O)Nc1cc(N=Nc2snc3ccc(S(=O)(=O)[O-])cc23)cc(NC(=O)NC2CC(C)(C)N(C)C(C)(C)C2)c1O.[Na+]. The van der Waals surface area contributed by atoms with Crippen LogP contribution in [0.4, 0.5) is 26.9 Å². The number of carbonyl (C=O) groups is 2. The van der Waals surface area contributed by atoms with Gasteiger partial charge in [-0.1, -0.05) is 0 Å². The third kappa shape index (κ3) is 7.64. The monoisotopic (exact) mass is 625 g/mol. The molecule has 2 aromatic carbocycles. The maximum Gasteiger partial charge on any atom is 1.00 e. The third-order valence-electron chi connectivity index (χ3n) is 7.27. The Kier molecular flexibility index (Phi) is 10.1. The van der Waals surface area contributed by atoms with Crippen LogP contribution in [0, 0.1) is 0 Å². The van der Waals surface area contributed by atoms with Crippen molar-refractivity contribution in [1.29, 1.82) is 0 Å². The zero-order chi connectivity index (χ0) is 30.3. The van der Waals surface area contributed by atoms with Crippen molar-refractivity contribution in [2.45, 2.75) is 69.5 Å². The van der Waals surface area contributed by atoms with Crippen molar-refractivity contribution in [3.05, 3.63) is 30.3 Å². The number of fused-ring (bicyclic) bond motifs is 1. The summed E-state index contributed by atoms with van der Waals surface area (Å²) in [7, 11) is -2.62. The van der Waals surface area contributed by atoms with Crippen LogP contribution in [0.3, 0.4) is 0 Å². The molecule has 0 radical (unpaired) electrons. The predicted molar refractivity (Wildman–Crippen MR) is 155 cm³/mol. The summed E-state index contributed by atoms with van der Waals surface area (Å²) in [6.45, 7) is 9.74. The number of amides is 3. The average Bonchev–Trinajstić information content (AvgIpc) is 3.25. The number of piperidine rings is 1. The van der Waals surface area contributed by atoms with Gasteiger partial charge in [-0.05, 0) is 89.4 Å². The number of carbonyl (C=O) groups excluding carboxylic acids is 2. The van der Waals surface area contributed by atoms with Gasteiger partial charge in [0, 0.05) is 29.4 Å². The van der Waals surface area contributed by atoms with Crippen LogP contribution in [-0.4, -0.2) is 63.5 Å². The first-order valence-electron chi connectivity index (χ1n) is 12.7. The van der Waals surface area contributed by atoms with Crippen molar-refractivity contribution in [3.8, 4) is 5.75 Å². The first-order valence-corrected chi connectivity index (χ1v) is 14.9. The molecule has 220 valence electrons. The Morgan fingerprint density at radius 3 is 2.24 bits per heavy atom. The quantitative estimate of drug-likeness (QED) is 0.139. The standard InChI is InChI=1S/C26H33N7O6S2.Na/c1-14(34)27-20-9-15(30-31-23-18-11-17(41(37,38)39)7-8-19(18)32-40-23)10-21(22(20)35)29-24(36)28-16-12-25(2,3)33(6)26(4,5)13-16;/h7-11,16,35H,12-13H2,1-6H3,(H,27,34)(H2,28,29,36)(H,37,38,39);/q;+1/p-1. The molecule has 42 heavy (non-hydrogen) atoms. The van der Waals surface area contributed by atoms with Gasteiger partial charge < -0.3 is 25.6 Å². The molecular weight excluding hydrogens is 593 g/mol. The van der Waals surface area contributed by atoms with Crippen LogP contribution in [0.2, 0.25) is 0 Å². The molecular formula is C26H32N7NaO6S2. The molecule has 1 saturated heterocycles. The predicted octanol–water partition coefficient (Wildman–Crippen LogP) is 2.06. The molecule has 0 atom stereocenters. The topological polar surface area (TPSA) is 189 Å². The number of aromatic nitrogens is 1. The Balaban J connectivity index is 0.00000484. The van der Waals surface area contributed by atoms with E-state index in [1.165, 1.54) is 37.3 Å². The minimum Gasteiger partial charge on any atom is -0.744 e. The second kappa shape index (κ2) is 12.5. The van der Waals surface area contributed by atoms with Gasteiger partial charge >= 0.3 is 35.6 Å². The molecule has 0 spiro atoms. The molecule has 1 aliphatic rings. The van der Waals surface area contributed by atoms with Crippen LogP contribution in [0.15, 0.2) is 45.5 Å². The zero-order valence-electron chi connectivity index (χ0n) is 24.5. The van der Waals surface area contributed by atoms with Crippen molar-refractivity contribution in [2.24, 2.45) is 10.2 Å². The van der Waals surface area contributed by atoms with E-state index in [1.54, 1.807) is 0 Å². The van der Waals surface area contributed by atoms with E-state index < -0.39 is 27.0 Å². The van der Waals surface area contributed by atoms with Crippen molar-refractivity contribution in [2.75, 3.05) is 17.7 Å². The van der Waals surface area contributed by atoms with Gasteiger partial charge in [0.05, 0.1) is 27.5 Å². The van der Waals surface area contributed by atoms with E-state index in [4.69, 9.17) is 0 Å². The number of azo groups is 1. The fraction of sp³-hybridized carbons (Fsp3) is 0.423. The molecule has 2 heterocycles. The molecule has 4 N–H and O–H groups in total. The van der Waals surface area contributed by atoms with Crippen LogP contribution in [0.5, 0.6) is 5.75 Å². The molecule has 1 aromatic heterocycles. The number of rotatable bonds is 6. The number of nitrogens with zero attached hydrogens (tertiary/aromatic N) is 4. The molecule has 0 bridgehead atoms. The number of nitrogens with one attached hydrogen (secondary N) is 3. The van der Waals surface area contributed by atoms with E-state index in [9.17, 15) is 27.7 Å². The van der Waals surface area contributed by atoms with E-state index in [1.807, 2.05) is 0 Å². The van der Waals surface area contributed by atoms with Crippen LogP contribution in [0.1, 0.15) is 47.5 Å². The number of hydrogen-bond acceptors (Lipinski definition) is 11. The molecule has 0 unspecified atom stereocenters. The summed E-state index contributed by atoms with van der Waals surface area (Å²) >= 11 is 0.944. The summed E-state index contributed by atoms with van der Waals surface area (Å²) in [5.41, 5.74) is 0.279. The number of aromatic hydroxyl groups is 1. The van der Waals surface area contributed by atoms with Crippen molar-refractivity contribution in [1.82, 2.24) is 14.6 Å². The van der Waals surface area contributed by atoms with Gasteiger partial charge in [0.1, 0.15) is 10.1 Å². The first kappa shape index (κ1) is 33.8. The summed E-state index contributed by atoms with van der Waals surface area (Å²) in [5.74, 6) is -0.827. The molecule has 0 saturated carbocycles. The van der Waals surface area contributed by atoms with Crippen LogP contribution < -0.4 is 45.5 Å². The number of phenols is 1. The van der Waals surface area contributed by atoms with E-state index in [-0.39, 0.29) is 74.5 Å². The number of phenolic OH excluding ortho intramolecular Hbond substituents is 1.